The summed E-state index contributed by atoms with van der Waals surface area (Å²) < 4.78 is 5.37. The standard InChI is InChI=1S/C14H15Cl2N3O2/c15-10-7-11(16)12(19-8-10)21-6-5-18-13(20)14(9-17)3-1-2-4-14/h7-8H,1-6H2,(H,18,20). The van der Waals surface area contributed by atoms with Crippen LogP contribution in [0.4, 0.5) is 0 Å². The van der Waals surface area contributed by atoms with Gasteiger partial charge >= 0.3 is 0 Å². The Hall–Kier alpha value is -1.51. The number of hydrogen-bond acceptors (Lipinski definition) is 4. The number of nitrogens with one attached hydrogen (secondary N) is 1. The Balaban J connectivity index is 1.79. The predicted molar refractivity (Wildman–Crippen MR) is 79.3 cm³/mol. The number of nitrogens with zero attached hydrogens (tertiary/aromatic N) is 2. The van der Waals surface area contributed by atoms with Crippen LogP contribution in [-0.4, -0.2) is 24.0 Å². The molecule has 7 heteroatoms. The van der Waals surface area contributed by atoms with E-state index >= 15 is 0 Å². The lowest BCUT2D eigenvalue weighted by Crippen LogP contribution is -2.40. The second kappa shape index (κ2) is 6.97. The Morgan fingerprint density at radius 2 is 2.19 bits per heavy atom. The Morgan fingerprint density at radius 3 is 2.81 bits per heavy atom. The SMILES string of the molecule is N#CC1(C(=O)NCCOc2ncc(Cl)cc2Cl)CCCC1. The second-order valence-electron chi connectivity index (χ2n) is 4.95. The highest BCUT2D eigenvalue weighted by Crippen LogP contribution is 2.37. The van der Waals surface area contributed by atoms with E-state index in [2.05, 4.69) is 16.4 Å². The number of nitriles is 1. The van der Waals surface area contributed by atoms with Crippen molar-refractivity contribution in [2.24, 2.45) is 5.41 Å². The van der Waals surface area contributed by atoms with Gasteiger partial charge in [-0.2, -0.15) is 5.26 Å². The molecule has 0 aliphatic heterocycles. The normalized spacial score (nSPS) is 16.2. The number of ether oxygens (including phenoxy) is 1. The molecule has 0 unspecified atom stereocenters. The van der Waals surface area contributed by atoms with Crippen LogP contribution in [0, 0.1) is 16.7 Å². The van der Waals surface area contributed by atoms with Gasteiger partial charge in [-0.1, -0.05) is 36.0 Å². The van der Waals surface area contributed by atoms with Gasteiger partial charge in [0.1, 0.15) is 17.0 Å². The molecule has 1 fully saturated rings. The van der Waals surface area contributed by atoms with Crippen LogP contribution in [0.5, 0.6) is 5.88 Å². The van der Waals surface area contributed by atoms with E-state index in [4.69, 9.17) is 27.9 Å². The van der Waals surface area contributed by atoms with Gasteiger partial charge in [0.05, 0.1) is 17.6 Å². The zero-order valence-corrected chi connectivity index (χ0v) is 12.9. The number of pyridine rings is 1. The summed E-state index contributed by atoms with van der Waals surface area (Å²) in [4.78, 5) is 16.0. The van der Waals surface area contributed by atoms with Gasteiger partial charge in [0, 0.05) is 6.20 Å². The van der Waals surface area contributed by atoms with Crippen molar-refractivity contribution in [3.63, 3.8) is 0 Å². The smallest absolute Gasteiger partial charge is 0.240 e. The Bertz CT molecular complexity index is 566. The second-order valence-corrected chi connectivity index (χ2v) is 5.79. The first kappa shape index (κ1) is 15.9. The first-order valence-electron chi connectivity index (χ1n) is 6.71. The maximum absolute atomic E-state index is 12.1. The van der Waals surface area contributed by atoms with Crippen molar-refractivity contribution >= 4 is 29.1 Å². The topological polar surface area (TPSA) is 75.0 Å². The summed E-state index contributed by atoms with van der Waals surface area (Å²) in [7, 11) is 0. The third-order valence-corrected chi connectivity index (χ3v) is 3.98. The third-order valence-electron chi connectivity index (χ3n) is 3.51. The minimum atomic E-state index is -0.865. The zero-order chi connectivity index (χ0) is 15.3. The molecule has 21 heavy (non-hydrogen) atoms. The number of amides is 1. The Labute approximate surface area is 133 Å². The lowest BCUT2D eigenvalue weighted by Gasteiger charge is -2.19. The molecule has 0 aromatic carbocycles. The average Bonchev–Trinajstić information content (AvgIpc) is 2.95. The average molecular weight is 328 g/mol. The van der Waals surface area contributed by atoms with Gasteiger partial charge in [0.15, 0.2) is 0 Å². The van der Waals surface area contributed by atoms with E-state index in [0.717, 1.165) is 12.8 Å². The van der Waals surface area contributed by atoms with Crippen molar-refractivity contribution in [2.45, 2.75) is 25.7 Å². The maximum atomic E-state index is 12.1. The van der Waals surface area contributed by atoms with Crippen LogP contribution in [-0.2, 0) is 4.79 Å². The number of aromatic nitrogens is 1. The fraction of sp³-hybridized carbons (Fsp3) is 0.500. The molecule has 1 N–H and O–H groups in total. The molecule has 0 atom stereocenters. The number of halogens is 2. The van der Waals surface area contributed by atoms with Crippen molar-refractivity contribution in [3.05, 3.63) is 22.3 Å². The molecular formula is C14H15Cl2N3O2. The summed E-state index contributed by atoms with van der Waals surface area (Å²) in [6, 6.07) is 3.69. The maximum Gasteiger partial charge on any atom is 0.240 e. The monoisotopic (exact) mass is 327 g/mol. The first-order chi connectivity index (χ1) is 10.1. The molecule has 0 bridgehead atoms. The van der Waals surface area contributed by atoms with Crippen LogP contribution in [0.25, 0.3) is 0 Å². The van der Waals surface area contributed by atoms with E-state index < -0.39 is 5.41 Å². The molecule has 1 heterocycles. The Morgan fingerprint density at radius 1 is 1.48 bits per heavy atom. The van der Waals surface area contributed by atoms with Crippen LogP contribution < -0.4 is 10.1 Å². The summed E-state index contributed by atoms with van der Waals surface area (Å²) in [6.07, 6.45) is 4.52. The summed E-state index contributed by atoms with van der Waals surface area (Å²) >= 11 is 11.7. The van der Waals surface area contributed by atoms with Gasteiger partial charge < -0.3 is 10.1 Å². The third kappa shape index (κ3) is 3.78. The number of carbonyl (C=O) groups is 1. The molecule has 1 aromatic rings. The summed E-state index contributed by atoms with van der Waals surface area (Å²) in [5, 5.41) is 12.7. The molecule has 0 saturated heterocycles. The minimum Gasteiger partial charge on any atom is -0.475 e. The van der Waals surface area contributed by atoms with Gasteiger partial charge in [-0.25, -0.2) is 4.98 Å². The van der Waals surface area contributed by atoms with E-state index in [1.165, 1.54) is 12.3 Å². The van der Waals surface area contributed by atoms with Crippen molar-refractivity contribution in [2.75, 3.05) is 13.2 Å². The largest absolute Gasteiger partial charge is 0.475 e. The van der Waals surface area contributed by atoms with Crippen LogP contribution in [0.15, 0.2) is 12.3 Å². The van der Waals surface area contributed by atoms with Gasteiger partial charge in [-0.05, 0) is 18.9 Å². The highest BCUT2D eigenvalue weighted by atomic mass is 35.5. The van der Waals surface area contributed by atoms with E-state index in [1.807, 2.05) is 0 Å². The van der Waals surface area contributed by atoms with Gasteiger partial charge in [0.25, 0.3) is 0 Å². The lowest BCUT2D eigenvalue weighted by molar-refractivity contribution is -0.128. The van der Waals surface area contributed by atoms with E-state index in [0.29, 0.717) is 29.4 Å². The van der Waals surface area contributed by atoms with Crippen LogP contribution in [0.1, 0.15) is 25.7 Å². The quantitative estimate of drug-likeness (QED) is 0.843. The predicted octanol–water partition coefficient (Wildman–Crippen LogP) is 2.97. The van der Waals surface area contributed by atoms with Crippen molar-refractivity contribution in [3.8, 4) is 11.9 Å². The molecule has 1 saturated carbocycles. The van der Waals surface area contributed by atoms with Crippen LogP contribution >= 0.6 is 23.2 Å². The molecule has 112 valence electrons. The fourth-order valence-corrected chi connectivity index (χ4v) is 2.79. The number of carbonyl (C=O) groups excluding carboxylic acids is 1. The summed E-state index contributed by atoms with van der Waals surface area (Å²) in [6.45, 7) is 0.518. The fourth-order valence-electron chi connectivity index (χ4n) is 2.36. The molecular weight excluding hydrogens is 313 g/mol. The molecule has 0 radical (unpaired) electrons. The number of rotatable bonds is 5. The highest BCUT2D eigenvalue weighted by molar-refractivity contribution is 6.35. The number of hydrogen-bond donors (Lipinski definition) is 1. The molecule has 1 aromatic heterocycles. The van der Waals surface area contributed by atoms with Gasteiger partial charge in [-0.15, -0.1) is 0 Å². The molecule has 1 aliphatic carbocycles. The van der Waals surface area contributed by atoms with E-state index in [9.17, 15) is 10.1 Å². The van der Waals surface area contributed by atoms with Crippen molar-refractivity contribution in [1.29, 1.82) is 5.26 Å². The minimum absolute atomic E-state index is 0.221. The molecule has 5 nitrogen and oxygen atoms in total. The first-order valence-corrected chi connectivity index (χ1v) is 7.46. The molecule has 1 amide bonds. The van der Waals surface area contributed by atoms with E-state index in [1.54, 1.807) is 0 Å². The lowest BCUT2D eigenvalue weighted by atomic mass is 9.87. The molecule has 1 aliphatic rings. The van der Waals surface area contributed by atoms with Gasteiger partial charge in [0.2, 0.25) is 11.8 Å². The summed E-state index contributed by atoms with van der Waals surface area (Å²) in [5.41, 5.74) is -0.865. The van der Waals surface area contributed by atoms with E-state index in [-0.39, 0.29) is 18.4 Å². The van der Waals surface area contributed by atoms with Gasteiger partial charge in [-0.3, -0.25) is 4.79 Å². The zero-order valence-electron chi connectivity index (χ0n) is 11.4. The van der Waals surface area contributed by atoms with Crippen molar-refractivity contribution in [1.82, 2.24) is 10.3 Å². The Kier molecular flexibility index (Phi) is 5.27. The van der Waals surface area contributed by atoms with Crippen LogP contribution in [0.2, 0.25) is 10.0 Å². The van der Waals surface area contributed by atoms with Crippen molar-refractivity contribution < 1.29 is 9.53 Å². The van der Waals surface area contributed by atoms with Crippen LogP contribution in [0.3, 0.4) is 0 Å². The highest BCUT2D eigenvalue weighted by Gasteiger charge is 2.41. The summed E-state index contributed by atoms with van der Waals surface area (Å²) in [5.74, 6) is 0.0486. The molecule has 0 spiro atoms. The molecule has 2 rings (SSSR count).